The Kier molecular flexibility index (Phi) is 2.73. The lowest BCUT2D eigenvalue weighted by Crippen LogP contribution is -1.94. The summed E-state index contributed by atoms with van der Waals surface area (Å²) in [5.41, 5.74) is 2.77. The van der Waals surface area contributed by atoms with Crippen LogP contribution in [0.5, 0.6) is 5.75 Å². The van der Waals surface area contributed by atoms with Crippen molar-refractivity contribution in [3.63, 3.8) is 0 Å². The highest BCUT2D eigenvalue weighted by atomic mass is 16.5. The average Bonchev–Trinajstić information content (AvgIpc) is 2.77. The van der Waals surface area contributed by atoms with Gasteiger partial charge in [0.25, 0.3) is 0 Å². The summed E-state index contributed by atoms with van der Waals surface area (Å²) in [5, 5.41) is 0. The highest BCUT2D eigenvalue weighted by Gasteiger charge is 2.03. The summed E-state index contributed by atoms with van der Waals surface area (Å²) >= 11 is 0. The van der Waals surface area contributed by atoms with Gasteiger partial charge in [0, 0.05) is 13.0 Å². The van der Waals surface area contributed by atoms with E-state index in [9.17, 15) is 0 Å². The molecule has 0 spiro atoms. The van der Waals surface area contributed by atoms with Gasteiger partial charge in [-0.25, -0.2) is 4.98 Å². The van der Waals surface area contributed by atoms with E-state index in [0.29, 0.717) is 12.5 Å². The molecule has 0 N–H and O–H groups in total. The van der Waals surface area contributed by atoms with Crippen LogP contribution in [0.4, 0.5) is 0 Å². The average molecular weight is 239 g/mol. The van der Waals surface area contributed by atoms with Gasteiger partial charge in [0.1, 0.15) is 17.9 Å². The first-order valence-corrected chi connectivity index (χ1v) is 5.85. The van der Waals surface area contributed by atoms with Crippen molar-refractivity contribution >= 4 is 11.1 Å². The van der Waals surface area contributed by atoms with Crippen molar-refractivity contribution in [3.8, 4) is 5.75 Å². The fourth-order valence-corrected chi connectivity index (χ4v) is 1.85. The molecule has 0 aliphatic carbocycles. The predicted molar refractivity (Wildman–Crippen MR) is 69.5 cm³/mol. The minimum atomic E-state index is 0.559. The number of fused-ring (bicyclic) bond motifs is 1. The van der Waals surface area contributed by atoms with Gasteiger partial charge < -0.3 is 9.15 Å². The van der Waals surface area contributed by atoms with E-state index >= 15 is 0 Å². The topological polar surface area (TPSA) is 35.3 Å². The van der Waals surface area contributed by atoms with Crippen LogP contribution in [0.15, 0.2) is 52.9 Å². The molecule has 0 bridgehead atoms. The predicted octanol–water partition coefficient (Wildman–Crippen LogP) is 3.72. The Balaban J connectivity index is 1.78. The first kappa shape index (κ1) is 10.8. The maximum Gasteiger partial charge on any atom is 0.192 e. The van der Waals surface area contributed by atoms with Crippen molar-refractivity contribution in [3.05, 3.63) is 60.0 Å². The van der Waals surface area contributed by atoms with Crippen molar-refractivity contribution < 1.29 is 9.15 Å². The Bertz CT molecular complexity index is 659. The molecule has 0 aliphatic rings. The summed E-state index contributed by atoms with van der Waals surface area (Å²) in [7, 11) is 0. The van der Waals surface area contributed by atoms with Crippen LogP contribution in [0.2, 0.25) is 0 Å². The Morgan fingerprint density at radius 3 is 2.78 bits per heavy atom. The van der Waals surface area contributed by atoms with E-state index in [0.717, 1.165) is 22.4 Å². The molecule has 1 aromatic heterocycles. The third kappa shape index (κ3) is 2.20. The van der Waals surface area contributed by atoms with Gasteiger partial charge in [-0.2, -0.15) is 0 Å². The van der Waals surface area contributed by atoms with E-state index in [4.69, 9.17) is 9.15 Å². The number of benzene rings is 2. The number of ether oxygens (including phenoxy) is 1. The van der Waals surface area contributed by atoms with E-state index in [1.165, 1.54) is 0 Å². The van der Waals surface area contributed by atoms with Gasteiger partial charge >= 0.3 is 0 Å². The van der Waals surface area contributed by atoms with Crippen LogP contribution in [0.3, 0.4) is 0 Å². The van der Waals surface area contributed by atoms with E-state index < -0.39 is 0 Å². The molecule has 3 aromatic rings. The standard InChI is InChI=1S/C15H13NO2/c1-11-16-14-9-13(7-8-15(14)18-11)17-10-12-5-3-2-4-6-12/h2-9H,10H2,1H3. The Hall–Kier alpha value is -2.29. The maximum absolute atomic E-state index is 5.73. The van der Waals surface area contributed by atoms with Crippen molar-refractivity contribution in [2.45, 2.75) is 13.5 Å². The minimum Gasteiger partial charge on any atom is -0.489 e. The zero-order valence-corrected chi connectivity index (χ0v) is 10.1. The molecule has 1 heterocycles. The second-order valence-corrected chi connectivity index (χ2v) is 4.14. The van der Waals surface area contributed by atoms with Crippen LogP contribution >= 0.6 is 0 Å². The highest BCUT2D eigenvalue weighted by Crippen LogP contribution is 2.21. The lowest BCUT2D eigenvalue weighted by molar-refractivity contribution is 0.306. The molecule has 0 amide bonds. The first-order valence-electron chi connectivity index (χ1n) is 5.85. The van der Waals surface area contributed by atoms with Gasteiger partial charge in [-0.3, -0.25) is 0 Å². The van der Waals surface area contributed by atoms with Crippen LogP contribution in [0.25, 0.3) is 11.1 Å². The first-order chi connectivity index (χ1) is 8.81. The summed E-state index contributed by atoms with van der Waals surface area (Å²) in [6.07, 6.45) is 0. The second kappa shape index (κ2) is 4.53. The normalized spacial score (nSPS) is 10.7. The summed E-state index contributed by atoms with van der Waals surface area (Å²) in [6.45, 7) is 2.40. The number of aromatic nitrogens is 1. The van der Waals surface area contributed by atoms with Gasteiger partial charge in [0.2, 0.25) is 0 Å². The smallest absolute Gasteiger partial charge is 0.192 e. The Morgan fingerprint density at radius 2 is 1.94 bits per heavy atom. The molecular formula is C15H13NO2. The number of nitrogens with zero attached hydrogens (tertiary/aromatic N) is 1. The number of rotatable bonds is 3. The SMILES string of the molecule is Cc1nc2cc(OCc3ccccc3)ccc2o1. The molecule has 3 nitrogen and oxygen atoms in total. The minimum absolute atomic E-state index is 0.559. The largest absolute Gasteiger partial charge is 0.489 e. The van der Waals surface area contributed by atoms with Crippen LogP contribution in [-0.2, 0) is 6.61 Å². The van der Waals surface area contributed by atoms with Crippen LogP contribution in [0.1, 0.15) is 11.5 Å². The molecule has 0 atom stereocenters. The molecule has 0 fully saturated rings. The lowest BCUT2D eigenvalue weighted by atomic mass is 10.2. The van der Waals surface area contributed by atoms with E-state index in [-0.39, 0.29) is 0 Å². The highest BCUT2D eigenvalue weighted by molar-refractivity contribution is 5.74. The number of oxazole rings is 1. The van der Waals surface area contributed by atoms with Gasteiger partial charge in [0.05, 0.1) is 0 Å². The van der Waals surface area contributed by atoms with Crippen molar-refractivity contribution in [1.82, 2.24) is 4.98 Å². The molecule has 0 unspecified atom stereocenters. The fraction of sp³-hybridized carbons (Fsp3) is 0.133. The van der Waals surface area contributed by atoms with E-state index in [1.54, 1.807) is 0 Å². The molecule has 3 rings (SSSR count). The molecule has 3 heteroatoms. The molecule has 0 aliphatic heterocycles. The van der Waals surface area contributed by atoms with Crippen LogP contribution < -0.4 is 4.74 Å². The zero-order valence-electron chi connectivity index (χ0n) is 10.1. The third-order valence-corrected chi connectivity index (χ3v) is 2.71. The van der Waals surface area contributed by atoms with Crippen LogP contribution in [0, 0.1) is 6.92 Å². The molecule has 2 aromatic carbocycles. The fourth-order valence-electron chi connectivity index (χ4n) is 1.85. The second-order valence-electron chi connectivity index (χ2n) is 4.14. The summed E-state index contributed by atoms with van der Waals surface area (Å²) in [4.78, 5) is 4.28. The van der Waals surface area contributed by atoms with Gasteiger partial charge in [0.15, 0.2) is 11.5 Å². The van der Waals surface area contributed by atoms with Gasteiger partial charge in [-0.15, -0.1) is 0 Å². The molecule has 0 saturated carbocycles. The number of hydrogen-bond donors (Lipinski definition) is 0. The lowest BCUT2D eigenvalue weighted by Gasteiger charge is -2.05. The van der Waals surface area contributed by atoms with E-state index in [1.807, 2.05) is 55.5 Å². The number of hydrogen-bond acceptors (Lipinski definition) is 3. The van der Waals surface area contributed by atoms with Crippen molar-refractivity contribution in [2.24, 2.45) is 0 Å². The number of aryl methyl sites for hydroxylation is 1. The van der Waals surface area contributed by atoms with Crippen molar-refractivity contribution in [1.29, 1.82) is 0 Å². The molecule has 0 radical (unpaired) electrons. The molecule has 90 valence electrons. The van der Waals surface area contributed by atoms with E-state index in [2.05, 4.69) is 4.98 Å². The monoisotopic (exact) mass is 239 g/mol. The van der Waals surface area contributed by atoms with Gasteiger partial charge in [-0.1, -0.05) is 30.3 Å². The summed E-state index contributed by atoms with van der Waals surface area (Å²) in [5.74, 6) is 1.48. The molecule has 18 heavy (non-hydrogen) atoms. The third-order valence-electron chi connectivity index (χ3n) is 2.71. The van der Waals surface area contributed by atoms with Crippen LogP contribution in [-0.4, -0.2) is 4.98 Å². The van der Waals surface area contributed by atoms with Gasteiger partial charge in [-0.05, 0) is 17.7 Å². The zero-order chi connectivity index (χ0) is 12.4. The Labute approximate surface area is 105 Å². The molecule has 0 saturated heterocycles. The molecular weight excluding hydrogens is 226 g/mol. The Morgan fingerprint density at radius 1 is 1.11 bits per heavy atom. The quantitative estimate of drug-likeness (QED) is 0.698. The summed E-state index contributed by atoms with van der Waals surface area (Å²) < 4.78 is 11.1. The summed E-state index contributed by atoms with van der Waals surface area (Å²) in [6, 6.07) is 15.8. The maximum atomic E-state index is 5.73. The van der Waals surface area contributed by atoms with Crippen molar-refractivity contribution in [2.75, 3.05) is 0 Å².